The number of benzene rings is 2. The summed E-state index contributed by atoms with van der Waals surface area (Å²) in [5.74, 6) is 0.349. The van der Waals surface area contributed by atoms with Gasteiger partial charge >= 0.3 is 5.97 Å². The van der Waals surface area contributed by atoms with Gasteiger partial charge in [0.15, 0.2) is 0 Å². The second-order valence-electron chi connectivity index (χ2n) is 8.25. The van der Waals surface area contributed by atoms with Crippen LogP contribution in [0, 0.1) is 5.92 Å². The normalized spacial score (nSPS) is 19.7. The van der Waals surface area contributed by atoms with E-state index in [0.29, 0.717) is 5.56 Å². The second kappa shape index (κ2) is 9.05. The fraction of sp³-hybridized carbons (Fsp3) is 0.360. The third-order valence-corrected chi connectivity index (χ3v) is 6.40. The molecule has 0 saturated heterocycles. The largest absolute Gasteiger partial charge is 0.497 e. The van der Waals surface area contributed by atoms with E-state index in [1.807, 2.05) is 46.1 Å². The van der Waals surface area contributed by atoms with Crippen molar-refractivity contribution in [2.75, 3.05) is 19.1 Å². The average Bonchev–Trinajstić information content (AvgIpc) is 3.31. The summed E-state index contributed by atoms with van der Waals surface area (Å²) in [6.45, 7) is 5.76. The summed E-state index contributed by atoms with van der Waals surface area (Å²) in [5, 5.41) is 8.86. The van der Waals surface area contributed by atoms with Crippen molar-refractivity contribution in [3.8, 4) is 17.0 Å². The molecule has 8 heteroatoms. The number of carbonyl (C=O) groups is 2. The van der Waals surface area contributed by atoms with Crippen LogP contribution in [0.3, 0.4) is 0 Å². The Kier molecular flexibility index (Phi) is 6.18. The number of methoxy groups -OCH3 is 2. The molecule has 1 aromatic heterocycles. The molecule has 1 aliphatic rings. The van der Waals surface area contributed by atoms with Crippen LogP contribution in [0.15, 0.2) is 48.7 Å². The van der Waals surface area contributed by atoms with E-state index < -0.39 is 5.97 Å². The molecule has 0 spiro atoms. The van der Waals surface area contributed by atoms with Crippen molar-refractivity contribution in [1.82, 2.24) is 15.0 Å². The monoisotopic (exact) mass is 448 g/mol. The van der Waals surface area contributed by atoms with Crippen molar-refractivity contribution in [3.05, 3.63) is 59.8 Å². The minimum Gasteiger partial charge on any atom is -0.497 e. The van der Waals surface area contributed by atoms with Gasteiger partial charge in [-0.3, -0.25) is 4.79 Å². The summed E-state index contributed by atoms with van der Waals surface area (Å²) in [6.07, 6.45) is 2.70. The van der Waals surface area contributed by atoms with Gasteiger partial charge in [-0.15, -0.1) is 5.10 Å². The summed E-state index contributed by atoms with van der Waals surface area (Å²) in [5.41, 5.74) is 3.72. The lowest BCUT2D eigenvalue weighted by atomic mass is 9.80. The molecule has 1 amide bonds. The van der Waals surface area contributed by atoms with E-state index in [9.17, 15) is 9.59 Å². The molecule has 4 rings (SSSR count). The zero-order chi connectivity index (χ0) is 23.7. The number of hydrogen-bond donors (Lipinski definition) is 0. The van der Waals surface area contributed by atoms with Gasteiger partial charge in [-0.1, -0.05) is 19.1 Å². The van der Waals surface area contributed by atoms with Crippen LogP contribution >= 0.6 is 0 Å². The molecule has 1 aliphatic heterocycles. The maximum atomic E-state index is 12.6. The van der Waals surface area contributed by atoms with Crippen LogP contribution in [-0.4, -0.2) is 47.1 Å². The van der Waals surface area contributed by atoms with E-state index in [-0.39, 0.29) is 23.9 Å². The van der Waals surface area contributed by atoms with Gasteiger partial charge in [-0.2, -0.15) is 0 Å². The Labute approximate surface area is 193 Å². The number of rotatable bonds is 5. The first-order chi connectivity index (χ1) is 15.9. The van der Waals surface area contributed by atoms with Crippen molar-refractivity contribution in [3.63, 3.8) is 0 Å². The van der Waals surface area contributed by atoms with E-state index in [1.54, 1.807) is 26.2 Å². The van der Waals surface area contributed by atoms with Crippen LogP contribution < -0.4 is 9.64 Å². The highest BCUT2D eigenvalue weighted by Gasteiger charge is 2.41. The van der Waals surface area contributed by atoms with Crippen LogP contribution in [0.5, 0.6) is 5.75 Å². The van der Waals surface area contributed by atoms with Crippen LogP contribution in [-0.2, 0) is 9.53 Å². The van der Waals surface area contributed by atoms with Crippen molar-refractivity contribution in [2.24, 2.45) is 5.92 Å². The Morgan fingerprint density at radius 3 is 2.42 bits per heavy atom. The maximum Gasteiger partial charge on any atom is 0.337 e. The first-order valence-electron chi connectivity index (χ1n) is 11.0. The molecule has 0 aliphatic carbocycles. The maximum absolute atomic E-state index is 12.6. The summed E-state index contributed by atoms with van der Waals surface area (Å²) in [4.78, 5) is 26.7. The van der Waals surface area contributed by atoms with E-state index in [1.165, 1.54) is 7.11 Å². The average molecular weight is 449 g/mol. The predicted octanol–water partition coefficient (Wildman–Crippen LogP) is 4.11. The second-order valence-corrected chi connectivity index (χ2v) is 8.25. The van der Waals surface area contributed by atoms with Gasteiger partial charge in [0.1, 0.15) is 11.4 Å². The number of nitrogens with zero attached hydrogens (tertiary/aromatic N) is 4. The highest BCUT2D eigenvalue weighted by Crippen LogP contribution is 2.44. The van der Waals surface area contributed by atoms with Crippen molar-refractivity contribution >= 4 is 17.6 Å². The van der Waals surface area contributed by atoms with E-state index in [0.717, 1.165) is 34.7 Å². The number of fused-ring (bicyclic) bond motifs is 1. The number of carbonyl (C=O) groups excluding carboxylic acids is 2. The van der Waals surface area contributed by atoms with Gasteiger partial charge in [0.25, 0.3) is 0 Å². The van der Waals surface area contributed by atoms with Gasteiger partial charge in [-0.05, 0) is 48.9 Å². The van der Waals surface area contributed by atoms with Gasteiger partial charge in [0.2, 0.25) is 5.91 Å². The summed E-state index contributed by atoms with van der Waals surface area (Å²) >= 11 is 0. The molecule has 33 heavy (non-hydrogen) atoms. The van der Waals surface area contributed by atoms with E-state index in [4.69, 9.17) is 9.47 Å². The summed E-state index contributed by atoms with van der Waals surface area (Å²) < 4.78 is 12.0. The number of esters is 1. The number of ether oxygens (including phenoxy) is 2. The standard InChI is InChI=1S/C25H28N4O4/c1-6-22-15(2)24(28-14-21(26-27-28)17-7-10-19(32-4)11-8-17)20-13-18(25(31)33-5)9-12-23(20)29(22)16(3)30/h7-15,22,24H,6H2,1-5H3/t15-,22+,24+/m1/s1. The molecule has 3 aromatic rings. The Balaban J connectivity index is 1.83. The molecule has 2 heterocycles. The van der Waals surface area contributed by atoms with Gasteiger partial charge in [0, 0.05) is 35.7 Å². The third-order valence-electron chi connectivity index (χ3n) is 6.40. The molecule has 172 valence electrons. The van der Waals surface area contributed by atoms with E-state index in [2.05, 4.69) is 24.2 Å². The fourth-order valence-electron chi connectivity index (χ4n) is 4.81. The smallest absolute Gasteiger partial charge is 0.337 e. The number of hydrogen-bond acceptors (Lipinski definition) is 6. The summed E-state index contributed by atoms with van der Waals surface area (Å²) in [7, 11) is 2.99. The minimum atomic E-state index is -0.422. The number of aromatic nitrogens is 3. The lowest BCUT2D eigenvalue weighted by Crippen LogP contribution is -2.49. The summed E-state index contributed by atoms with van der Waals surface area (Å²) in [6, 6.07) is 12.7. The number of amides is 1. The molecule has 0 saturated carbocycles. The van der Waals surface area contributed by atoms with Crippen molar-refractivity contribution in [1.29, 1.82) is 0 Å². The molecule has 0 unspecified atom stereocenters. The molecule has 0 N–H and O–H groups in total. The fourth-order valence-corrected chi connectivity index (χ4v) is 4.81. The van der Waals surface area contributed by atoms with Crippen LogP contribution in [0.2, 0.25) is 0 Å². The lowest BCUT2D eigenvalue weighted by molar-refractivity contribution is -0.117. The lowest BCUT2D eigenvalue weighted by Gasteiger charge is -2.44. The highest BCUT2D eigenvalue weighted by molar-refractivity contribution is 5.96. The Bertz CT molecular complexity index is 1170. The highest BCUT2D eigenvalue weighted by atomic mass is 16.5. The molecule has 2 aromatic carbocycles. The van der Waals surface area contributed by atoms with Gasteiger partial charge in [-0.25, -0.2) is 9.48 Å². The molecule has 3 atom stereocenters. The van der Waals surface area contributed by atoms with Crippen LogP contribution in [0.1, 0.15) is 49.2 Å². The van der Waals surface area contributed by atoms with Gasteiger partial charge < -0.3 is 14.4 Å². The third kappa shape index (κ3) is 3.97. The Morgan fingerprint density at radius 2 is 1.82 bits per heavy atom. The Morgan fingerprint density at radius 1 is 1.09 bits per heavy atom. The van der Waals surface area contributed by atoms with E-state index >= 15 is 0 Å². The molecular formula is C25H28N4O4. The molecule has 8 nitrogen and oxygen atoms in total. The quantitative estimate of drug-likeness (QED) is 0.546. The van der Waals surface area contributed by atoms with Gasteiger partial charge in [0.05, 0.1) is 32.0 Å². The van der Waals surface area contributed by atoms with Crippen LogP contribution in [0.4, 0.5) is 5.69 Å². The van der Waals surface area contributed by atoms with Crippen LogP contribution in [0.25, 0.3) is 11.3 Å². The first kappa shape index (κ1) is 22.5. The first-order valence-corrected chi connectivity index (χ1v) is 11.0. The topological polar surface area (TPSA) is 86.5 Å². The molecular weight excluding hydrogens is 420 g/mol. The zero-order valence-corrected chi connectivity index (χ0v) is 19.5. The molecule has 0 fully saturated rings. The molecule has 0 bridgehead atoms. The SMILES string of the molecule is CC[C@H]1[C@@H](C)[C@H](n2cc(-c3ccc(OC)cc3)nn2)c2cc(C(=O)OC)ccc2N1C(C)=O. The zero-order valence-electron chi connectivity index (χ0n) is 19.5. The predicted molar refractivity (Wildman–Crippen MR) is 124 cm³/mol. The van der Waals surface area contributed by atoms with Crippen molar-refractivity contribution < 1.29 is 19.1 Å². The number of anilines is 1. The van der Waals surface area contributed by atoms with Crippen molar-refractivity contribution in [2.45, 2.75) is 39.3 Å². The Hall–Kier alpha value is -3.68. The minimum absolute atomic E-state index is 0.0161. The molecule has 0 radical (unpaired) electrons.